The van der Waals surface area contributed by atoms with E-state index in [1.807, 2.05) is 0 Å². The van der Waals surface area contributed by atoms with E-state index in [9.17, 15) is 15.1 Å². The summed E-state index contributed by atoms with van der Waals surface area (Å²) in [5.74, 6) is -0.537. The third kappa shape index (κ3) is 4.42. The first-order valence-corrected chi connectivity index (χ1v) is 8.76. The Morgan fingerprint density at radius 3 is 2.54 bits per heavy atom. The van der Waals surface area contributed by atoms with Gasteiger partial charge in [0.15, 0.2) is 0 Å². The number of hydrogen-bond acceptors (Lipinski definition) is 5. The Morgan fingerprint density at radius 1 is 1.35 bits per heavy atom. The molecule has 0 aliphatic heterocycles. The summed E-state index contributed by atoms with van der Waals surface area (Å²) in [5.41, 5.74) is -0.497. The number of pyridine rings is 1. The molecule has 0 fully saturated rings. The smallest absolute Gasteiger partial charge is 0.304 e. The van der Waals surface area contributed by atoms with Crippen LogP contribution in [0.3, 0.4) is 0 Å². The monoisotopic (exact) mass is 445 g/mol. The number of H-pyrrole nitrogens is 1. The zero-order valence-corrected chi connectivity index (χ0v) is 16.8. The lowest BCUT2D eigenvalue weighted by Crippen LogP contribution is -2.36. The van der Waals surface area contributed by atoms with Crippen molar-refractivity contribution in [3.05, 3.63) is 43.3 Å². The van der Waals surface area contributed by atoms with Crippen LogP contribution >= 0.6 is 27.5 Å². The maximum Gasteiger partial charge on any atom is 0.304 e. The molecule has 0 unspecified atom stereocenters. The minimum atomic E-state index is -0.551. The van der Waals surface area contributed by atoms with Crippen LogP contribution in [-0.4, -0.2) is 59.2 Å². The van der Waals surface area contributed by atoms with E-state index in [1.165, 1.54) is 12.1 Å². The lowest BCUT2D eigenvalue weighted by atomic mass is 10.1. The molecule has 0 spiro atoms. The fraction of sp³-hybridized carbons (Fsp3) is 0.312. The van der Waals surface area contributed by atoms with Crippen LogP contribution in [0, 0.1) is 5.21 Å². The summed E-state index contributed by atoms with van der Waals surface area (Å²) in [6.07, 6.45) is 0. The molecule has 2 aromatic heterocycles. The molecular weight excluding hydrogens is 428 g/mol. The number of benzene rings is 1. The minimum absolute atomic E-state index is 0.0595. The van der Waals surface area contributed by atoms with Gasteiger partial charge < -0.3 is 19.9 Å². The second-order valence-corrected chi connectivity index (χ2v) is 7.90. The Balaban J connectivity index is 0.000000298. The van der Waals surface area contributed by atoms with Gasteiger partial charge in [-0.15, -0.1) is 5.10 Å². The number of likely N-dealkylation sites (N-methyl/N-ethyl adjacent to an activating group) is 1. The molecule has 2 heterocycles. The van der Waals surface area contributed by atoms with E-state index in [1.54, 1.807) is 6.07 Å². The van der Waals surface area contributed by atoms with Crippen molar-refractivity contribution in [2.45, 2.75) is 0 Å². The normalized spacial score (nSPS) is 11.5. The topological polar surface area (TPSA) is 113 Å². The number of aromatic amines is 1. The van der Waals surface area contributed by atoms with Crippen LogP contribution in [0.2, 0.25) is 5.02 Å². The molecule has 8 nitrogen and oxygen atoms in total. The molecule has 0 amide bonds. The summed E-state index contributed by atoms with van der Waals surface area (Å²) in [6.45, 7) is 1.11. The number of aromatic nitrogens is 3. The van der Waals surface area contributed by atoms with E-state index in [-0.39, 0.29) is 23.0 Å². The van der Waals surface area contributed by atoms with Crippen LogP contribution in [0.1, 0.15) is 0 Å². The standard InChI is InChI=1S/C11H5BrClN3O3.C5H14NO/c12-6-2-4-1-5-9(11(18)15-14-10(5)17)16(19)8(4)3-7(6)13;1-6(2,3)4-5-7/h1-3H,(H,14,17)(H,15,18);7H,4-5H2,1-3H3/q;+1. The molecule has 26 heavy (non-hydrogen) atoms. The Bertz CT molecular complexity index is 1020. The predicted octanol–water partition coefficient (Wildman–Crippen LogP) is 1.52. The highest BCUT2D eigenvalue weighted by atomic mass is 79.9. The van der Waals surface area contributed by atoms with Crippen molar-refractivity contribution in [1.29, 1.82) is 0 Å². The van der Waals surface area contributed by atoms with Gasteiger partial charge in [0.1, 0.15) is 11.9 Å². The molecule has 140 valence electrons. The summed E-state index contributed by atoms with van der Waals surface area (Å²) >= 11 is 9.18. The van der Waals surface area contributed by atoms with Crippen LogP contribution in [0.5, 0.6) is 5.88 Å². The van der Waals surface area contributed by atoms with Crippen molar-refractivity contribution in [3.63, 3.8) is 0 Å². The predicted molar refractivity (Wildman–Crippen MR) is 103 cm³/mol. The lowest BCUT2D eigenvalue weighted by molar-refractivity contribution is -0.870. The van der Waals surface area contributed by atoms with Crippen molar-refractivity contribution in [3.8, 4) is 5.88 Å². The molecule has 0 bridgehead atoms. The fourth-order valence-corrected chi connectivity index (χ4v) is 2.72. The minimum Gasteiger partial charge on any atom is -0.618 e. The van der Waals surface area contributed by atoms with E-state index in [4.69, 9.17) is 16.7 Å². The van der Waals surface area contributed by atoms with Gasteiger partial charge in [-0.1, -0.05) is 11.6 Å². The Labute approximate surface area is 162 Å². The van der Waals surface area contributed by atoms with Gasteiger partial charge in [0, 0.05) is 15.9 Å². The van der Waals surface area contributed by atoms with Crippen molar-refractivity contribution >= 4 is 49.3 Å². The summed E-state index contributed by atoms with van der Waals surface area (Å²) in [5, 5.41) is 36.6. The van der Waals surface area contributed by atoms with E-state index < -0.39 is 11.4 Å². The number of rotatable bonds is 2. The third-order valence-electron chi connectivity index (χ3n) is 3.54. The van der Waals surface area contributed by atoms with E-state index in [0.717, 1.165) is 11.0 Å². The average molecular weight is 447 g/mol. The molecule has 0 atom stereocenters. The van der Waals surface area contributed by atoms with Gasteiger partial charge in [-0.2, -0.15) is 4.73 Å². The summed E-state index contributed by atoms with van der Waals surface area (Å²) < 4.78 is 1.90. The zero-order chi connectivity index (χ0) is 19.6. The van der Waals surface area contributed by atoms with Gasteiger partial charge in [0.05, 0.1) is 32.8 Å². The van der Waals surface area contributed by atoms with Crippen molar-refractivity contribution in [1.82, 2.24) is 10.2 Å². The highest BCUT2D eigenvalue weighted by Gasteiger charge is 2.19. The summed E-state index contributed by atoms with van der Waals surface area (Å²) in [4.78, 5) is 11.7. The highest BCUT2D eigenvalue weighted by Crippen LogP contribution is 2.28. The number of aliphatic hydroxyl groups is 1. The van der Waals surface area contributed by atoms with E-state index in [2.05, 4.69) is 47.3 Å². The molecule has 3 N–H and O–H groups in total. The van der Waals surface area contributed by atoms with Crippen molar-refractivity contribution in [2.75, 3.05) is 34.3 Å². The molecular formula is C16H19BrClN4O4+. The third-order valence-corrected chi connectivity index (χ3v) is 4.73. The quantitative estimate of drug-likeness (QED) is 0.239. The molecule has 0 saturated carbocycles. The van der Waals surface area contributed by atoms with Crippen LogP contribution in [-0.2, 0) is 0 Å². The number of hydrogen-bond donors (Lipinski definition) is 3. The SMILES string of the molecule is C[N+](C)(C)CCO.O=c1[nH]nc(O)c2c1cc1cc(Br)c(Cl)cc1[n+]2[O-]. The molecule has 3 rings (SSSR count). The van der Waals surface area contributed by atoms with Gasteiger partial charge in [-0.3, -0.25) is 4.79 Å². The van der Waals surface area contributed by atoms with Crippen LogP contribution in [0.15, 0.2) is 27.5 Å². The van der Waals surface area contributed by atoms with Gasteiger partial charge in [0.2, 0.25) is 5.52 Å². The Morgan fingerprint density at radius 2 is 2.00 bits per heavy atom. The van der Waals surface area contributed by atoms with Gasteiger partial charge >= 0.3 is 5.88 Å². The molecule has 3 aromatic rings. The second kappa shape index (κ2) is 7.75. The number of aliphatic hydroxyl groups excluding tert-OH is 1. The average Bonchev–Trinajstić information content (AvgIpc) is 2.52. The number of nitrogens with zero attached hydrogens (tertiary/aromatic N) is 3. The molecule has 1 aromatic carbocycles. The zero-order valence-electron chi connectivity index (χ0n) is 14.5. The van der Waals surface area contributed by atoms with Crippen molar-refractivity contribution in [2.24, 2.45) is 0 Å². The fourth-order valence-electron chi connectivity index (χ4n) is 2.20. The first-order chi connectivity index (χ1) is 12.0. The van der Waals surface area contributed by atoms with E-state index in [0.29, 0.717) is 19.6 Å². The van der Waals surface area contributed by atoms with Gasteiger partial charge in [0.25, 0.3) is 11.1 Å². The second-order valence-electron chi connectivity index (χ2n) is 6.64. The number of fused-ring (bicyclic) bond motifs is 2. The van der Waals surface area contributed by atoms with Crippen molar-refractivity contribution < 1.29 is 19.4 Å². The number of halogens is 2. The maximum atomic E-state index is 12.2. The Kier molecular flexibility index (Phi) is 6.07. The van der Waals surface area contributed by atoms with Crippen LogP contribution in [0.25, 0.3) is 21.8 Å². The number of quaternary nitrogens is 1. The lowest BCUT2D eigenvalue weighted by Gasteiger charge is -2.21. The van der Waals surface area contributed by atoms with Crippen LogP contribution < -0.4 is 10.3 Å². The molecule has 0 aliphatic rings. The number of aromatic hydroxyl groups is 1. The van der Waals surface area contributed by atoms with Gasteiger partial charge in [-0.25, -0.2) is 5.10 Å². The molecule has 0 radical (unpaired) electrons. The van der Waals surface area contributed by atoms with Gasteiger partial charge in [-0.05, 0) is 28.1 Å². The maximum absolute atomic E-state index is 12.2. The van der Waals surface area contributed by atoms with E-state index >= 15 is 0 Å². The molecule has 10 heteroatoms. The first kappa shape index (κ1) is 20.4. The molecule has 0 saturated heterocycles. The summed E-state index contributed by atoms with van der Waals surface area (Å²) in [7, 11) is 6.16. The Hall–Kier alpha value is -1.94. The summed E-state index contributed by atoms with van der Waals surface area (Å²) in [6, 6.07) is 4.58. The largest absolute Gasteiger partial charge is 0.618 e. The first-order valence-electron chi connectivity index (χ1n) is 7.59. The highest BCUT2D eigenvalue weighted by molar-refractivity contribution is 9.10. The number of nitrogens with one attached hydrogen (secondary N) is 1. The van der Waals surface area contributed by atoms with Crippen LogP contribution in [0.4, 0.5) is 0 Å². The molecule has 0 aliphatic carbocycles.